The van der Waals surface area contributed by atoms with Crippen molar-refractivity contribution < 1.29 is 19.1 Å². The van der Waals surface area contributed by atoms with Crippen LogP contribution in [0, 0.1) is 0 Å². The molecule has 0 atom stereocenters. The van der Waals surface area contributed by atoms with Crippen LogP contribution < -0.4 is 0 Å². The molecule has 1 aromatic heterocycles. The van der Waals surface area contributed by atoms with Crippen LogP contribution in [0.25, 0.3) is 0 Å². The van der Waals surface area contributed by atoms with Crippen molar-refractivity contribution in [3.05, 3.63) is 22.4 Å². The minimum Gasteiger partial charge on any atom is -0.459 e. The van der Waals surface area contributed by atoms with Crippen molar-refractivity contribution in [3.8, 4) is 0 Å². The lowest BCUT2D eigenvalue weighted by Gasteiger charge is -2.31. The molecule has 0 N–H and O–H groups in total. The highest BCUT2D eigenvalue weighted by atomic mass is 32.1. The Morgan fingerprint density at radius 1 is 1.35 bits per heavy atom. The van der Waals surface area contributed by atoms with Crippen LogP contribution in [0.4, 0.5) is 4.79 Å². The fraction of sp³-hybridized carbons (Fsp3) is 0.571. The topological polar surface area (TPSA) is 55.8 Å². The van der Waals surface area contributed by atoms with Gasteiger partial charge in [0.1, 0.15) is 6.10 Å². The first kappa shape index (κ1) is 14.8. The second kappa shape index (κ2) is 6.74. The van der Waals surface area contributed by atoms with E-state index in [-0.39, 0.29) is 24.3 Å². The number of rotatable bonds is 3. The Morgan fingerprint density at radius 2 is 2.05 bits per heavy atom. The smallest absolute Gasteiger partial charge is 0.410 e. The molecule has 0 aromatic carbocycles. The molecule has 0 bridgehead atoms. The van der Waals surface area contributed by atoms with Gasteiger partial charge in [0.25, 0.3) is 0 Å². The SMILES string of the molecule is CC(C)OC(=O)N1CCC(OC(=O)c2ccsc2)CC1. The Kier molecular flexibility index (Phi) is 5.00. The fourth-order valence-corrected chi connectivity index (χ4v) is 2.66. The summed E-state index contributed by atoms with van der Waals surface area (Å²) in [6, 6.07) is 1.75. The summed E-state index contributed by atoms with van der Waals surface area (Å²) in [5.74, 6) is -0.283. The van der Waals surface area contributed by atoms with Crippen molar-refractivity contribution in [3.63, 3.8) is 0 Å². The number of amides is 1. The Labute approximate surface area is 122 Å². The van der Waals surface area contributed by atoms with Crippen molar-refractivity contribution in [2.45, 2.75) is 38.9 Å². The summed E-state index contributed by atoms with van der Waals surface area (Å²) >= 11 is 1.47. The van der Waals surface area contributed by atoms with E-state index in [4.69, 9.17) is 9.47 Å². The maximum absolute atomic E-state index is 11.8. The lowest BCUT2D eigenvalue weighted by atomic mass is 10.1. The third kappa shape index (κ3) is 3.96. The Bertz CT molecular complexity index is 450. The van der Waals surface area contributed by atoms with E-state index in [2.05, 4.69) is 0 Å². The van der Waals surface area contributed by atoms with Gasteiger partial charge in [-0.2, -0.15) is 11.3 Å². The van der Waals surface area contributed by atoms with Gasteiger partial charge >= 0.3 is 12.1 Å². The molecule has 6 heteroatoms. The number of carbonyl (C=O) groups is 2. The maximum Gasteiger partial charge on any atom is 0.410 e. The number of hydrogen-bond acceptors (Lipinski definition) is 5. The van der Waals surface area contributed by atoms with E-state index in [1.807, 2.05) is 19.2 Å². The number of esters is 1. The predicted molar refractivity (Wildman–Crippen MR) is 75.9 cm³/mol. The average Bonchev–Trinajstić information content (AvgIpc) is 2.92. The number of thiophene rings is 1. The Morgan fingerprint density at radius 3 is 2.60 bits per heavy atom. The average molecular weight is 297 g/mol. The van der Waals surface area contributed by atoms with Crippen LogP contribution in [0.2, 0.25) is 0 Å². The second-order valence-electron chi connectivity index (χ2n) is 5.04. The molecule has 0 radical (unpaired) electrons. The van der Waals surface area contributed by atoms with Gasteiger partial charge < -0.3 is 14.4 Å². The Balaban J connectivity index is 1.77. The molecule has 5 nitrogen and oxygen atoms in total. The summed E-state index contributed by atoms with van der Waals surface area (Å²) < 4.78 is 10.6. The van der Waals surface area contributed by atoms with Crippen molar-refractivity contribution >= 4 is 23.4 Å². The second-order valence-corrected chi connectivity index (χ2v) is 5.82. The summed E-state index contributed by atoms with van der Waals surface area (Å²) in [5, 5.41) is 3.62. The van der Waals surface area contributed by atoms with E-state index in [9.17, 15) is 9.59 Å². The van der Waals surface area contributed by atoms with Crippen LogP contribution in [-0.2, 0) is 9.47 Å². The molecule has 0 spiro atoms. The van der Waals surface area contributed by atoms with Crippen LogP contribution in [0.15, 0.2) is 16.8 Å². The first-order chi connectivity index (χ1) is 9.56. The van der Waals surface area contributed by atoms with Gasteiger partial charge in [0, 0.05) is 31.3 Å². The first-order valence-electron chi connectivity index (χ1n) is 6.75. The van der Waals surface area contributed by atoms with Crippen molar-refractivity contribution in [1.29, 1.82) is 0 Å². The van der Waals surface area contributed by atoms with Crippen molar-refractivity contribution in [1.82, 2.24) is 4.90 Å². The number of nitrogens with zero attached hydrogens (tertiary/aromatic N) is 1. The molecule has 1 aliphatic rings. The highest BCUT2D eigenvalue weighted by Gasteiger charge is 2.26. The number of likely N-dealkylation sites (tertiary alicyclic amines) is 1. The number of piperidine rings is 1. The van der Waals surface area contributed by atoms with Gasteiger partial charge in [0.05, 0.1) is 11.7 Å². The summed E-state index contributed by atoms with van der Waals surface area (Å²) in [5.41, 5.74) is 0.594. The predicted octanol–water partition coefficient (Wildman–Crippen LogP) is 2.91. The fourth-order valence-electron chi connectivity index (χ4n) is 2.03. The van der Waals surface area contributed by atoms with Gasteiger partial charge in [-0.25, -0.2) is 9.59 Å². The zero-order chi connectivity index (χ0) is 14.5. The lowest BCUT2D eigenvalue weighted by Crippen LogP contribution is -2.42. The third-order valence-corrected chi connectivity index (χ3v) is 3.75. The normalized spacial score (nSPS) is 16.2. The molecular formula is C14H19NO4S. The van der Waals surface area contributed by atoms with E-state index in [1.54, 1.807) is 16.3 Å². The number of hydrogen-bond donors (Lipinski definition) is 0. The minimum absolute atomic E-state index is 0.114. The van der Waals surface area contributed by atoms with Crippen LogP contribution in [-0.4, -0.2) is 42.3 Å². The molecule has 20 heavy (non-hydrogen) atoms. The first-order valence-corrected chi connectivity index (χ1v) is 7.69. The molecule has 1 amide bonds. The Hall–Kier alpha value is -1.56. The van der Waals surface area contributed by atoms with Crippen LogP contribution in [0.3, 0.4) is 0 Å². The summed E-state index contributed by atoms with van der Waals surface area (Å²) in [4.78, 5) is 25.2. The lowest BCUT2D eigenvalue weighted by molar-refractivity contribution is 0.00820. The third-order valence-electron chi connectivity index (χ3n) is 3.07. The van der Waals surface area contributed by atoms with Gasteiger partial charge in [0.15, 0.2) is 0 Å². The monoisotopic (exact) mass is 297 g/mol. The summed E-state index contributed by atoms with van der Waals surface area (Å²) in [7, 11) is 0. The number of carbonyl (C=O) groups excluding carboxylic acids is 2. The molecule has 2 rings (SSSR count). The van der Waals surface area contributed by atoms with Gasteiger partial charge in [0.2, 0.25) is 0 Å². The van der Waals surface area contributed by atoms with Gasteiger partial charge in [-0.05, 0) is 25.3 Å². The van der Waals surface area contributed by atoms with E-state index in [0.29, 0.717) is 31.5 Å². The van der Waals surface area contributed by atoms with E-state index < -0.39 is 0 Å². The molecule has 110 valence electrons. The summed E-state index contributed by atoms with van der Waals surface area (Å²) in [6.45, 7) is 4.78. The highest BCUT2D eigenvalue weighted by Crippen LogP contribution is 2.17. The van der Waals surface area contributed by atoms with Gasteiger partial charge in [-0.3, -0.25) is 0 Å². The van der Waals surface area contributed by atoms with Crippen LogP contribution >= 0.6 is 11.3 Å². The van der Waals surface area contributed by atoms with E-state index >= 15 is 0 Å². The van der Waals surface area contributed by atoms with Crippen molar-refractivity contribution in [2.24, 2.45) is 0 Å². The largest absolute Gasteiger partial charge is 0.459 e. The quantitative estimate of drug-likeness (QED) is 0.805. The van der Waals surface area contributed by atoms with Gasteiger partial charge in [-0.15, -0.1) is 0 Å². The highest BCUT2D eigenvalue weighted by molar-refractivity contribution is 7.08. The van der Waals surface area contributed by atoms with Crippen LogP contribution in [0.1, 0.15) is 37.0 Å². The molecule has 0 saturated carbocycles. The molecule has 0 unspecified atom stereocenters. The molecule has 1 aliphatic heterocycles. The zero-order valence-corrected chi connectivity index (χ0v) is 12.5. The van der Waals surface area contributed by atoms with Gasteiger partial charge in [-0.1, -0.05) is 0 Å². The van der Waals surface area contributed by atoms with Crippen molar-refractivity contribution in [2.75, 3.05) is 13.1 Å². The molecule has 1 fully saturated rings. The zero-order valence-electron chi connectivity index (χ0n) is 11.7. The molecule has 0 aliphatic carbocycles. The standard InChI is InChI=1S/C14H19NO4S/c1-10(2)18-14(17)15-6-3-12(4-7-15)19-13(16)11-5-8-20-9-11/h5,8-10,12H,3-4,6-7H2,1-2H3. The molecule has 1 saturated heterocycles. The maximum atomic E-state index is 11.8. The molecule has 2 heterocycles. The van der Waals surface area contributed by atoms with Crippen LogP contribution in [0.5, 0.6) is 0 Å². The molecule has 1 aromatic rings. The molecular weight excluding hydrogens is 278 g/mol. The van der Waals surface area contributed by atoms with E-state index in [1.165, 1.54) is 11.3 Å². The summed E-state index contributed by atoms with van der Waals surface area (Å²) in [6.07, 6.45) is 0.788. The minimum atomic E-state index is -0.289. The number of ether oxygens (including phenoxy) is 2. The van der Waals surface area contributed by atoms with E-state index in [0.717, 1.165) is 0 Å².